The van der Waals surface area contributed by atoms with Crippen LogP contribution >= 0.6 is 0 Å². The first kappa shape index (κ1) is 38.0. The number of ether oxygens (including phenoxy) is 1. The zero-order valence-corrected chi connectivity index (χ0v) is 31.9. The van der Waals surface area contributed by atoms with E-state index in [-0.39, 0.29) is 5.97 Å². The lowest BCUT2D eigenvalue weighted by molar-refractivity contribution is -0.145. The van der Waals surface area contributed by atoms with Gasteiger partial charge in [-0.25, -0.2) is 0 Å². The molecule has 0 spiro atoms. The molecule has 0 aromatic carbocycles. The van der Waals surface area contributed by atoms with Crippen molar-refractivity contribution in [2.45, 2.75) is 208 Å². The van der Waals surface area contributed by atoms with E-state index in [0.717, 1.165) is 30.1 Å². The Balaban J connectivity index is 1.07. The maximum absolute atomic E-state index is 12.5. The van der Waals surface area contributed by atoms with E-state index in [1.165, 1.54) is 154 Å². The van der Waals surface area contributed by atoms with E-state index < -0.39 is 0 Å². The number of esters is 1. The number of hydrogen-bond donors (Lipinski definition) is 0. The Morgan fingerprint density at radius 1 is 0.739 bits per heavy atom. The summed E-state index contributed by atoms with van der Waals surface area (Å²) in [7, 11) is 0. The zero-order chi connectivity index (χ0) is 33.0. The quantitative estimate of drug-likeness (QED) is 0.0710. The van der Waals surface area contributed by atoms with Crippen molar-refractivity contribution in [3.63, 3.8) is 0 Å². The molecule has 2 saturated carbocycles. The summed E-state index contributed by atoms with van der Waals surface area (Å²) in [5, 5.41) is 0. The highest BCUT2D eigenvalue weighted by atomic mass is 16.5. The molecule has 0 aromatic rings. The first-order valence-electron chi connectivity index (χ1n) is 21.1. The fourth-order valence-electron chi connectivity index (χ4n) is 11.2. The Morgan fingerprint density at radius 2 is 1.39 bits per heavy atom. The summed E-state index contributed by atoms with van der Waals surface area (Å²) in [5.41, 5.74) is 4.99. The van der Waals surface area contributed by atoms with Gasteiger partial charge in [0.1, 0.15) is 0 Å². The number of carbonyl (C=O) groups excluding carboxylic acids is 1. The van der Waals surface area contributed by atoms with Gasteiger partial charge in [-0.05, 0) is 104 Å². The van der Waals surface area contributed by atoms with Crippen LogP contribution in [0.25, 0.3) is 0 Å². The molecule has 46 heavy (non-hydrogen) atoms. The normalized spacial score (nSPS) is 31.1. The van der Waals surface area contributed by atoms with Gasteiger partial charge >= 0.3 is 5.97 Å². The molecule has 266 valence electrons. The van der Waals surface area contributed by atoms with Gasteiger partial charge < -0.3 is 4.74 Å². The Bertz CT molecular complexity index is 934. The van der Waals surface area contributed by atoms with Crippen LogP contribution in [0.1, 0.15) is 208 Å². The largest absolute Gasteiger partial charge is 0.465 e. The summed E-state index contributed by atoms with van der Waals surface area (Å²) in [6, 6.07) is 0. The zero-order valence-electron chi connectivity index (χ0n) is 31.9. The van der Waals surface area contributed by atoms with Gasteiger partial charge in [-0.2, -0.15) is 0 Å². The molecule has 0 aliphatic heterocycles. The van der Waals surface area contributed by atoms with Crippen molar-refractivity contribution < 1.29 is 9.53 Å². The van der Waals surface area contributed by atoms with Crippen molar-refractivity contribution in [2.75, 3.05) is 6.61 Å². The first-order chi connectivity index (χ1) is 22.2. The highest BCUT2D eigenvalue weighted by Crippen LogP contribution is 2.66. The molecule has 0 radical (unpaired) electrons. The first-order valence-corrected chi connectivity index (χ1v) is 21.1. The topological polar surface area (TPSA) is 26.3 Å². The molecule has 2 nitrogen and oxygen atoms in total. The lowest BCUT2D eigenvalue weighted by atomic mass is 9.50. The second kappa shape index (κ2) is 18.8. The van der Waals surface area contributed by atoms with Gasteiger partial charge in [0.25, 0.3) is 0 Å². The molecule has 4 rings (SSSR count). The third kappa shape index (κ3) is 9.89. The van der Waals surface area contributed by atoms with Crippen LogP contribution in [-0.4, -0.2) is 12.6 Å². The van der Waals surface area contributed by atoms with Gasteiger partial charge in [0, 0.05) is 6.42 Å². The van der Waals surface area contributed by atoms with Crippen molar-refractivity contribution in [3.8, 4) is 0 Å². The van der Waals surface area contributed by atoms with Crippen LogP contribution in [0.2, 0.25) is 0 Å². The van der Waals surface area contributed by atoms with Gasteiger partial charge in [-0.1, -0.05) is 155 Å². The number of hydrogen-bond acceptors (Lipinski definition) is 2. The molecule has 4 aliphatic carbocycles. The second-order valence-corrected chi connectivity index (χ2v) is 17.8. The van der Waals surface area contributed by atoms with Crippen molar-refractivity contribution >= 4 is 5.97 Å². The molecule has 0 saturated heterocycles. The number of rotatable bonds is 21. The predicted octanol–water partition coefficient (Wildman–Crippen LogP) is 13.8. The number of unbranched alkanes of at least 4 members (excludes halogenated alkanes) is 12. The van der Waals surface area contributed by atoms with Crippen LogP contribution in [0.5, 0.6) is 0 Å². The lowest BCUT2D eigenvalue weighted by Crippen LogP contribution is -2.43. The van der Waals surface area contributed by atoms with E-state index in [1.54, 1.807) is 0 Å². The summed E-state index contributed by atoms with van der Waals surface area (Å²) in [5.74, 6) is 4.61. The highest BCUT2D eigenvalue weighted by molar-refractivity contribution is 5.69. The van der Waals surface area contributed by atoms with Crippen molar-refractivity contribution in [1.29, 1.82) is 0 Å². The number of carbonyl (C=O) groups is 1. The molecule has 0 bridgehead atoms. The molecule has 0 aromatic heterocycles. The molecular weight excluding hydrogens is 560 g/mol. The summed E-state index contributed by atoms with van der Waals surface area (Å²) in [6.45, 7) is 15.5. The van der Waals surface area contributed by atoms with E-state index in [0.29, 0.717) is 35.7 Å². The molecule has 4 aliphatic rings. The average molecular weight is 639 g/mol. The van der Waals surface area contributed by atoms with E-state index >= 15 is 0 Å². The van der Waals surface area contributed by atoms with Crippen molar-refractivity contribution in [3.05, 3.63) is 11.1 Å². The third-order valence-electron chi connectivity index (χ3n) is 14.7. The molecule has 8 atom stereocenters. The van der Waals surface area contributed by atoms with Gasteiger partial charge in [0.15, 0.2) is 0 Å². The van der Waals surface area contributed by atoms with Crippen LogP contribution in [0, 0.1) is 46.3 Å². The minimum Gasteiger partial charge on any atom is -0.465 e. The molecule has 0 N–H and O–H groups in total. The van der Waals surface area contributed by atoms with Crippen molar-refractivity contribution in [2.24, 2.45) is 46.3 Å². The summed E-state index contributed by atoms with van der Waals surface area (Å²) in [4.78, 5) is 12.5. The van der Waals surface area contributed by atoms with Crippen LogP contribution in [-0.2, 0) is 9.53 Å². The van der Waals surface area contributed by atoms with Crippen LogP contribution in [0.4, 0.5) is 0 Å². The molecule has 2 fully saturated rings. The lowest BCUT2D eigenvalue weighted by Gasteiger charge is -2.54. The van der Waals surface area contributed by atoms with E-state index in [1.807, 2.05) is 11.1 Å². The summed E-state index contributed by atoms with van der Waals surface area (Å²) < 4.78 is 5.78. The third-order valence-corrected chi connectivity index (χ3v) is 14.7. The average Bonchev–Trinajstić information content (AvgIpc) is 3.41. The Kier molecular flexibility index (Phi) is 15.6. The summed E-state index contributed by atoms with van der Waals surface area (Å²) >= 11 is 0. The van der Waals surface area contributed by atoms with Gasteiger partial charge in [0.05, 0.1) is 6.61 Å². The molecule has 2 heteroatoms. The monoisotopic (exact) mass is 639 g/mol. The second-order valence-electron chi connectivity index (χ2n) is 17.8. The Hall–Kier alpha value is -0.790. The van der Waals surface area contributed by atoms with E-state index in [9.17, 15) is 4.79 Å². The SMILES string of the molecule is CCCCCCCCCCCCCCCC(=O)OCC(C)[C@@H](C)CC[C@@H](C)[C@H]1CC[C@H]2C3=C(CC[C@]12C)[C@@]1(C)CCCCC1CC3. The van der Waals surface area contributed by atoms with Crippen molar-refractivity contribution in [1.82, 2.24) is 0 Å². The van der Waals surface area contributed by atoms with Gasteiger partial charge in [0.2, 0.25) is 0 Å². The fraction of sp³-hybridized carbons (Fsp3) is 0.932. The molecule has 2 unspecified atom stereocenters. The standard InChI is InChI=1S/C44H78O2/c1-7-8-9-10-11-12-13-14-15-16-17-18-19-23-42(45)46-33-36(4)34(2)24-25-35(3)39-28-29-40-38-27-26-37-22-20-21-31-43(37,5)41(38)30-32-44(39,40)6/h34-37,39-40H,7-33H2,1-6H3/t34-,35+,36?,37?,39+,40-,43-,44+/m0/s1. The number of fused-ring (bicyclic) bond motifs is 4. The molecular formula is C44H78O2. The summed E-state index contributed by atoms with van der Waals surface area (Å²) in [6.07, 6.45) is 35.1. The molecule has 0 heterocycles. The Morgan fingerprint density at radius 3 is 2.07 bits per heavy atom. The molecule has 0 amide bonds. The minimum absolute atomic E-state index is 0.0301. The number of allylic oxidation sites excluding steroid dienone is 2. The van der Waals surface area contributed by atoms with Crippen LogP contribution < -0.4 is 0 Å². The maximum atomic E-state index is 12.5. The highest BCUT2D eigenvalue weighted by Gasteiger charge is 2.55. The predicted molar refractivity (Wildman–Crippen MR) is 198 cm³/mol. The van der Waals surface area contributed by atoms with Crippen LogP contribution in [0.15, 0.2) is 11.1 Å². The van der Waals surface area contributed by atoms with Gasteiger partial charge in [-0.15, -0.1) is 0 Å². The van der Waals surface area contributed by atoms with Crippen LogP contribution in [0.3, 0.4) is 0 Å². The van der Waals surface area contributed by atoms with Gasteiger partial charge in [-0.3, -0.25) is 4.79 Å². The van der Waals surface area contributed by atoms with E-state index in [4.69, 9.17) is 4.74 Å². The maximum Gasteiger partial charge on any atom is 0.305 e. The smallest absolute Gasteiger partial charge is 0.305 e. The van der Waals surface area contributed by atoms with E-state index in [2.05, 4.69) is 41.5 Å². The fourth-order valence-corrected chi connectivity index (χ4v) is 11.2. The minimum atomic E-state index is 0.0301. The Labute approximate surface area is 287 Å².